The molecule has 32 heavy (non-hydrogen) atoms. The maximum atomic E-state index is 13.5. The van der Waals surface area contributed by atoms with Crippen molar-refractivity contribution < 1.29 is 12.8 Å². The fraction of sp³-hybridized carbons (Fsp3) is 0.167. The van der Waals surface area contributed by atoms with Gasteiger partial charge in [-0.3, -0.25) is 4.98 Å². The summed E-state index contributed by atoms with van der Waals surface area (Å²) in [6, 6.07) is 19.1. The summed E-state index contributed by atoms with van der Waals surface area (Å²) < 4.78 is 40.7. The third-order valence-corrected chi connectivity index (χ3v) is 7.59. The molecule has 4 aromatic rings. The van der Waals surface area contributed by atoms with E-state index in [1.165, 1.54) is 22.5 Å². The van der Waals surface area contributed by atoms with Gasteiger partial charge in [-0.05, 0) is 48.0 Å². The first kappa shape index (κ1) is 20.5. The Hall–Kier alpha value is -3.36. The zero-order valence-electron chi connectivity index (χ0n) is 17.2. The van der Waals surface area contributed by atoms with Crippen LogP contribution in [0.5, 0.6) is 0 Å². The first-order valence-electron chi connectivity index (χ1n) is 10.3. The van der Waals surface area contributed by atoms with E-state index in [1.54, 1.807) is 12.4 Å². The van der Waals surface area contributed by atoms with Crippen LogP contribution in [0.25, 0.3) is 22.0 Å². The molecule has 0 aliphatic carbocycles. The Kier molecular flexibility index (Phi) is 5.32. The molecule has 1 aliphatic rings. The molecule has 0 N–H and O–H groups in total. The van der Waals surface area contributed by atoms with Crippen LogP contribution >= 0.6 is 0 Å². The first-order valence-corrected chi connectivity index (χ1v) is 11.8. The number of aromatic nitrogens is 2. The van der Waals surface area contributed by atoms with Gasteiger partial charge >= 0.3 is 0 Å². The fourth-order valence-electron chi connectivity index (χ4n) is 4.01. The number of rotatable bonds is 4. The second kappa shape index (κ2) is 8.29. The molecule has 0 amide bonds. The maximum absolute atomic E-state index is 13.5. The van der Waals surface area contributed by atoms with Crippen molar-refractivity contribution in [3.8, 4) is 11.1 Å². The molecule has 5 rings (SSSR count). The minimum Gasteiger partial charge on any atom is -0.354 e. The Morgan fingerprint density at radius 3 is 2.34 bits per heavy atom. The van der Waals surface area contributed by atoms with Gasteiger partial charge in [0, 0.05) is 49.5 Å². The molecule has 0 bridgehead atoms. The third-order valence-electron chi connectivity index (χ3n) is 5.69. The van der Waals surface area contributed by atoms with Crippen molar-refractivity contribution in [1.82, 2.24) is 14.3 Å². The second-order valence-electron chi connectivity index (χ2n) is 7.63. The van der Waals surface area contributed by atoms with Crippen LogP contribution in [0.3, 0.4) is 0 Å². The quantitative estimate of drug-likeness (QED) is 0.473. The molecule has 1 aliphatic heterocycles. The summed E-state index contributed by atoms with van der Waals surface area (Å²) >= 11 is 0. The fourth-order valence-corrected chi connectivity index (χ4v) is 5.47. The molecular weight excluding hydrogens is 427 g/mol. The molecule has 0 unspecified atom stereocenters. The number of halogens is 1. The number of hydrogen-bond donors (Lipinski definition) is 0. The van der Waals surface area contributed by atoms with Crippen molar-refractivity contribution in [2.75, 3.05) is 31.1 Å². The van der Waals surface area contributed by atoms with Crippen molar-refractivity contribution in [1.29, 1.82) is 0 Å². The minimum atomic E-state index is -3.73. The van der Waals surface area contributed by atoms with E-state index in [9.17, 15) is 12.8 Å². The number of anilines is 1. The van der Waals surface area contributed by atoms with Crippen molar-refractivity contribution in [3.05, 3.63) is 84.9 Å². The second-order valence-corrected chi connectivity index (χ2v) is 9.57. The van der Waals surface area contributed by atoms with E-state index in [0.29, 0.717) is 26.2 Å². The van der Waals surface area contributed by atoms with E-state index in [4.69, 9.17) is 4.98 Å². The van der Waals surface area contributed by atoms with Crippen LogP contribution in [0.15, 0.2) is 84.0 Å². The number of pyridine rings is 2. The van der Waals surface area contributed by atoms with Crippen LogP contribution in [0, 0.1) is 5.82 Å². The van der Waals surface area contributed by atoms with Gasteiger partial charge in [0.1, 0.15) is 11.6 Å². The summed E-state index contributed by atoms with van der Waals surface area (Å²) in [4.78, 5) is 11.1. The van der Waals surface area contributed by atoms with Crippen LogP contribution in [0.1, 0.15) is 0 Å². The van der Waals surface area contributed by atoms with E-state index >= 15 is 0 Å². The summed E-state index contributed by atoms with van der Waals surface area (Å²) in [6.07, 6.45) is 3.52. The topological polar surface area (TPSA) is 66.4 Å². The summed E-state index contributed by atoms with van der Waals surface area (Å²) in [5.74, 6) is 0.247. The van der Waals surface area contributed by atoms with Crippen molar-refractivity contribution in [3.63, 3.8) is 0 Å². The molecule has 2 aromatic heterocycles. The number of hydrogen-bond acceptors (Lipinski definition) is 5. The standard InChI is InChI=1S/C24H21FN4O2S/c25-20-4-2-5-21(17-20)32(30,31)29-15-13-28(14-16-29)23-8-7-19-3-1-6-22(24(19)27-23)18-9-11-26-12-10-18/h1-12,17H,13-16H2. The number of benzene rings is 2. The predicted octanol–water partition coefficient (Wildman–Crippen LogP) is 3.95. The lowest BCUT2D eigenvalue weighted by Crippen LogP contribution is -2.48. The molecule has 0 saturated carbocycles. The van der Waals surface area contributed by atoms with E-state index in [2.05, 4.69) is 9.88 Å². The summed E-state index contributed by atoms with van der Waals surface area (Å²) in [7, 11) is -3.73. The van der Waals surface area contributed by atoms with Gasteiger partial charge in [-0.15, -0.1) is 0 Å². The maximum Gasteiger partial charge on any atom is 0.243 e. The number of piperazine rings is 1. The highest BCUT2D eigenvalue weighted by molar-refractivity contribution is 7.89. The van der Waals surface area contributed by atoms with Gasteiger partial charge in [0.05, 0.1) is 10.4 Å². The Labute approximate surface area is 186 Å². The lowest BCUT2D eigenvalue weighted by molar-refractivity contribution is 0.383. The minimum absolute atomic E-state index is 0.0169. The number of para-hydroxylation sites is 1. The lowest BCUT2D eigenvalue weighted by Gasteiger charge is -2.34. The third kappa shape index (κ3) is 3.83. The molecule has 1 fully saturated rings. The van der Waals surface area contributed by atoms with Gasteiger partial charge in [0.25, 0.3) is 0 Å². The van der Waals surface area contributed by atoms with Crippen molar-refractivity contribution in [2.24, 2.45) is 0 Å². The average Bonchev–Trinajstić information content (AvgIpc) is 2.84. The van der Waals surface area contributed by atoms with Gasteiger partial charge in [-0.25, -0.2) is 17.8 Å². The normalized spacial score (nSPS) is 15.2. The zero-order chi connectivity index (χ0) is 22.1. The monoisotopic (exact) mass is 448 g/mol. The van der Waals surface area contributed by atoms with E-state index in [0.717, 1.165) is 33.9 Å². The zero-order valence-corrected chi connectivity index (χ0v) is 18.0. The molecular formula is C24H21FN4O2S. The smallest absolute Gasteiger partial charge is 0.243 e. The van der Waals surface area contributed by atoms with Crippen molar-refractivity contribution in [2.45, 2.75) is 4.90 Å². The molecule has 0 spiro atoms. The van der Waals surface area contributed by atoms with Crippen LogP contribution in [0.4, 0.5) is 10.2 Å². The molecule has 2 aromatic carbocycles. The van der Waals surface area contributed by atoms with Crippen LogP contribution in [-0.2, 0) is 10.0 Å². The number of fused-ring (bicyclic) bond motifs is 1. The highest BCUT2D eigenvalue weighted by Crippen LogP contribution is 2.29. The Bertz CT molecular complexity index is 1370. The number of sulfonamides is 1. The van der Waals surface area contributed by atoms with Gasteiger partial charge in [0.2, 0.25) is 10.0 Å². The Morgan fingerprint density at radius 2 is 1.59 bits per heavy atom. The predicted molar refractivity (Wildman–Crippen MR) is 122 cm³/mol. The van der Waals surface area contributed by atoms with Crippen LogP contribution < -0.4 is 4.90 Å². The Morgan fingerprint density at radius 1 is 0.844 bits per heavy atom. The first-order chi connectivity index (χ1) is 15.5. The summed E-state index contributed by atoms with van der Waals surface area (Å²) in [5.41, 5.74) is 2.96. The van der Waals surface area contributed by atoms with Gasteiger partial charge in [-0.2, -0.15) is 4.31 Å². The van der Waals surface area contributed by atoms with Crippen LogP contribution in [0.2, 0.25) is 0 Å². The summed E-state index contributed by atoms with van der Waals surface area (Å²) in [6.45, 7) is 1.63. The van der Waals surface area contributed by atoms with Crippen LogP contribution in [-0.4, -0.2) is 48.9 Å². The molecule has 3 heterocycles. The van der Waals surface area contributed by atoms with Gasteiger partial charge in [0.15, 0.2) is 0 Å². The molecule has 6 nitrogen and oxygen atoms in total. The van der Waals surface area contributed by atoms with E-state index in [-0.39, 0.29) is 4.90 Å². The Balaban J connectivity index is 1.40. The molecule has 1 saturated heterocycles. The largest absolute Gasteiger partial charge is 0.354 e. The van der Waals surface area contributed by atoms with E-state index in [1.807, 2.05) is 42.5 Å². The molecule has 0 atom stereocenters. The highest BCUT2D eigenvalue weighted by atomic mass is 32.2. The van der Waals surface area contributed by atoms with Gasteiger partial charge in [-0.1, -0.05) is 24.3 Å². The summed E-state index contributed by atoms with van der Waals surface area (Å²) in [5, 5.41) is 1.04. The lowest BCUT2D eigenvalue weighted by atomic mass is 10.0. The van der Waals surface area contributed by atoms with E-state index < -0.39 is 15.8 Å². The molecule has 162 valence electrons. The number of nitrogens with zero attached hydrogens (tertiary/aromatic N) is 4. The average molecular weight is 449 g/mol. The SMILES string of the molecule is O=S(=O)(c1cccc(F)c1)N1CCN(c2ccc3cccc(-c4ccncc4)c3n2)CC1. The van der Waals surface area contributed by atoms with Crippen molar-refractivity contribution >= 4 is 26.7 Å². The highest BCUT2D eigenvalue weighted by Gasteiger charge is 2.29. The van der Waals surface area contributed by atoms with Gasteiger partial charge < -0.3 is 4.90 Å². The molecule has 0 radical (unpaired) electrons. The molecule has 8 heteroatoms.